The van der Waals surface area contributed by atoms with Crippen molar-refractivity contribution in [3.63, 3.8) is 0 Å². The van der Waals surface area contributed by atoms with Crippen LogP contribution < -0.4 is 5.32 Å². The number of esters is 1. The number of nitrogens with zero attached hydrogens (tertiary/aromatic N) is 1. The number of hydrogen-bond acceptors (Lipinski definition) is 5. The molecule has 98 valence electrons. The van der Waals surface area contributed by atoms with Crippen molar-refractivity contribution in [3.05, 3.63) is 29.3 Å². The lowest BCUT2D eigenvalue weighted by molar-refractivity contribution is 0.0535. The van der Waals surface area contributed by atoms with E-state index in [1.165, 1.54) is 0 Å². The number of nitriles is 1. The Bertz CT molecular complexity index is 556. The van der Waals surface area contributed by atoms with Gasteiger partial charge in [0.1, 0.15) is 12.1 Å². The van der Waals surface area contributed by atoms with E-state index in [4.69, 9.17) is 9.47 Å². The van der Waals surface area contributed by atoms with Crippen molar-refractivity contribution < 1.29 is 14.3 Å². The van der Waals surface area contributed by atoms with Crippen LogP contribution in [0.3, 0.4) is 0 Å². The molecule has 2 aliphatic rings. The Kier molecular flexibility index (Phi) is 2.88. The molecule has 5 heteroatoms. The van der Waals surface area contributed by atoms with Crippen LogP contribution >= 0.6 is 0 Å². The summed E-state index contributed by atoms with van der Waals surface area (Å²) in [6, 6.07) is 7.80. The molecule has 1 saturated heterocycles. The molecule has 3 rings (SSSR count). The maximum atomic E-state index is 11.4. The molecular formula is C14H14N2O3. The highest BCUT2D eigenvalue weighted by Crippen LogP contribution is 2.28. The van der Waals surface area contributed by atoms with Crippen molar-refractivity contribution in [1.29, 1.82) is 5.26 Å². The highest BCUT2D eigenvalue weighted by Gasteiger charge is 2.33. The largest absolute Gasteiger partial charge is 0.457 e. The van der Waals surface area contributed by atoms with E-state index in [-0.39, 0.29) is 5.97 Å². The van der Waals surface area contributed by atoms with Crippen molar-refractivity contribution in [1.82, 2.24) is 0 Å². The summed E-state index contributed by atoms with van der Waals surface area (Å²) in [4.78, 5) is 11.4. The summed E-state index contributed by atoms with van der Waals surface area (Å²) in [5.41, 5.74) is 1.76. The fourth-order valence-corrected chi connectivity index (χ4v) is 2.47. The molecule has 0 amide bonds. The number of benzene rings is 1. The summed E-state index contributed by atoms with van der Waals surface area (Å²) in [7, 11) is 0. The number of cyclic esters (lactones) is 1. The molecule has 0 bridgehead atoms. The van der Waals surface area contributed by atoms with Crippen LogP contribution in [-0.2, 0) is 16.1 Å². The SMILES string of the molecule is N#CC1(Nc2ccc3c(c2)COC3=O)CCOCC1. The van der Waals surface area contributed by atoms with Crippen LogP contribution in [-0.4, -0.2) is 24.7 Å². The van der Waals surface area contributed by atoms with Crippen LogP contribution in [0.2, 0.25) is 0 Å². The molecule has 1 fully saturated rings. The normalized spacial score (nSPS) is 20.3. The fourth-order valence-electron chi connectivity index (χ4n) is 2.47. The molecule has 1 aromatic rings. The summed E-state index contributed by atoms with van der Waals surface area (Å²) >= 11 is 0. The Morgan fingerprint density at radius 1 is 1.32 bits per heavy atom. The van der Waals surface area contributed by atoms with E-state index in [0.717, 1.165) is 11.3 Å². The van der Waals surface area contributed by atoms with Crippen LogP contribution in [0.1, 0.15) is 28.8 Å². The quantitative estimate of drug-likeness (QED) is 0.819. The molecule has 5 nitrogen and oxygen atoms in total. The number of nitrogens with one attached hydrogen (secondary N) is 1. The average molecular weight is 258 g/mol. The van der Waals surface area contributed by atoms with Gasteiger partial charge < -0.3 is 14.8 Å². The lowest BCUT2D eigenvalue weighted by Gasteiger charge is -2.32. The molecule has 0 atom stereocenters. The molecule has 1 N–H and O–H groups in total. The maximum absolute atomic E-state index is 11.4. The van der Waals surface area contributed by atoms with Crippen molar-refractivity contribution in [2.45, 2.75) is 25.0 Å². The molecular weight excluding hydrogens is 244 g/mol. The van der Waals surface area contributed by atoms with E-state index in [9.17, 15) is 10.1 Å². The highest BCUT2D eigenvalue weighted by atomic mass is 16.5. The summed E-state index contributed by atoms with van der Waals surface area (Å²) < 4.78 is 10.3. The number of rotatable bonds is 2. The molecule has 0 spiro atoms. The predicted molar refractivity (Wildman–Crippen MR) is 67.6 cm³/mol. The third-order valence-corrected chi connectivity index (χ3v) is 3.63. The molecule has 2 aliphatic heterocycles. The van der Waals surface area contributed by atoms with Crippen LogP contribution in [0.15, 0.2) is 18.2 Å². The van der Waals surface area contributed by atoms with Gasteiger partial charge in [-0.05, 0) is 18.2 Å². The highest BCUT2D eigenvalue weighted by molar-refractivity contribution is 5.93. The van der Waals surface area contributed by atoms with Gasteiger partial charge in [-0.2, -0.15) is 5.26 Å². The van der Waals surface area contributed by atoms with Gasteiger partial charge in [-0.25, -0.2) is 4.79 Å². The summed E-state index contributed by atoms with van der Waals surface area (Å²) in [5, 5.41) is 12.7. The maximum Gasteiger partial charge on any atom is 0.338 e. The zero-order valence-electron chi connectivity index (χ0n) is 10.4. The van der Waals surface area contributed by atoms with Gasteiger partial charge in [0.25, 0.3) is 0 Å². The molecule has 2 heterocycles. The average Bonchev–Trinajstić information content (AvgIpc) is 2.81. The smallest absolute Gasteiger partial charge is 0.338 e. The number of anilines is 1. The third-order valence-electron chi connectivity index (χ3n) is 3.63. The van der Waals surface area contributed by atoms with Crippen molar-refractivity contribution in [2.75, 3.05) is 18.5 Å². The molecule has 0 unspecified atom stereocenters. The predicted octanol–water partition coefficient (Wildman–Crippen LogP) is 1.84. The molecule has 1 aromatic carbocycles. The minimum atomic E-state index is -0.573. The molecule has 0 saturated carbocycles. The monoisotopic (exact) mass is 258 g/mol. The van der Waals surface area contributed by atoms with E-state index in [1.54, 1.807) is 6.07 Å². The zero-order valence-corrected chi connectivity index (χ0v) is 10.4. The first-order valence-corrected chi connectivity index (χ1v) is 6.30. The summed E-state index contributed by atoms with van der Waals surface area (Å²) in [5.74, 6) is -0.275. The Labute approximate surface area is 111 Å². The van der Waals surface area contributed by atoms with Crippen LogP contribution in [0.25, 0.3) is 0 Å². The third kappa shape index (κ3) is 2.15. The minimum absolute atomic E-state index is 0.275. The Morgan fingerprint density at radius 3 is 2.84 bits per heavy atom. The second kappa shape index (κ2) is 4.56. The number of carbonyl (C=O) groups excluding carboxylic acids is 1. The van der Waals surface area contributed by atoms with Crippen molar-refractivity contribution in [3.8, 4) is 6.07 Å². The van der Waals surface area contributed by atoms with E-state index in [0.29, 0.717) is 38.2 Å². The van der Waals surface area contributed by atoms with Gasteiger partial charge in [0.2, 0.25) is 0 Å². The van der Waals surface area contributed by atoms with Gasteiger partial charge in [0, 0.05) is 37.3 Å². The molecule has 0 aromatic heterocycles. The molecule has 19 heavy (non-hydrogen) atoms. The number of ether oxygens (including phenoxy) is 2. The van der Waals surface area contributed by atoms with E-state index >= 15 is 0 Å². The van der Waals surface area contributed by atoms with Crippen molar-refractivity contribution >= 4 is 11.7 Å². The minimum Gasteiger partial charge on any atom is -0.457 e. The van der Waals surface area contributed by atoms with Gasteiger partial charge in [0.15, 0.2) is 0 Å². The fraction of sp³-hybridized carbons (Fsp3) is 0.429. The summed E-state index contributed by atoms with van der Waals surface area (Å²) in [6.45, 7) is 1.49. The lowest BCUT2D eigenvalue weighted by Crippen LogP contribution is -2.42. The first kappa shape index (κ1) is 12.0. The number of carbonyl (C=O) groups is 1. The Balaban J connectivity index is 1.84. The number of fused-ring (bicyclic) bond motifs is 1. The lowest BCUT2D eigenvalue weighted by atomic mass is 9.91. The van der Waals surface area contributed by atoms with Crippen LogP contribution in [0.4, 0.5) is 5.69 Å². The van der Waals surface area contributed by atoms with Crippen molar-refractivity contribution in [2.24, 2.45) is 0 Å². The van der Waals surface area contributed by atoms with Gasteiger partial charge in [-0.15, -0.1) is 0 Å². The first-order chi connectivity index (χ1) is 9.22. The molecule has 0 aliphatic carbocycles. The van der Waals surface area contributed by atoms with Gasteiger partial charge in [0.05, 0.1) is 11.6 Å². The standard InChI is InChI=1S/C14H14N2O3/c15-9-14(3-5-18-6-4-14)16-11-1-2-12-10(7-11)8-19-13(12)17/h1-2,7,16H,3-6,8H2. The first-order valence-electron chi connectivity index (χ1n) is 6.30. The van der Waals surface area contributed by atoms with Gasteiger partial charge in [-0.1, -0.05) is 0 Å². The zero-order chi connectivity index (χ0) is 13.3. The Hall–Kier alpha value is -2.06. The van der Waals surface area contributed by atoms with Crippen LogP contribution in [0.5, 0.6) is 0 Å². The van der Waals surface area contributed by atoms with Gasteiger partial charge in [-0.3, -0.25) is 0 Å². The summed E-state index contributed by atoms with van der Waals surface area (Å²) in [6.07, 6.45) is 1.33. The van der Waals surface area contributed by atoms with Crippen LogP contribution in [0, 0.1) is 11.3 Å². The topological polar surface area (TPSA) is 71.3 Å². The van der Waals surface area contributed by atoms with E-state index < -0.39 is 5.54 Å². The second-order valence-corrected chi connectivity index (χ2v) is 4.88. The Morgan fingerprint density at radius 2 is 2.11 bits per heavy atom. The van der Waals surface area contributed by atoms with E-state index in [1.807, 2.05) is 12.1 Å². The second-order valence-electron chi connectivity index (χ2n) is 4.88. The molecule has 0 radical (unpaired) electrons. The number of hydrogen-bond donors (Lipinski definition) is 1. The van der Waals surface area contributed by atoms with Gasteiger partial charge >= 0.3 is 5.97 Å². The van der Waals surface area contributed by atoms with E-state index in [2.05, 4.69) is 11.4 Å².